The van der Waals surface area contributed by atoms with Crippen LogP contribution in [-0.4, -0.2) is 30.9 Å². The summed E-state index contributed by atoms with van der Waals surface area (Å²) in [5, 5.41) is 3.65. The summed E-state index contributed by atoms with van der Waals surface area (Å²) in [5.74, 6) is -0.341. The van der Waals surface area contributed by atoms with Gasteiger partial charge >= 0.3 is 5.97 Å². The van der Waals surface area contributed by atoms with Crippen LogP contribution in [0, 0.1) is 4.91 Å². The number of hydroxylamine groups is 1. The minimum absolute atomic E-state index is 0.178. The van der Waals surface area contributed by atoms with E-state index in [4.69, 9.17) is 9.57 Å². The number of esters is 1. The Morgan fingerprint density at radius 3 is 1.73 bits per heavy atom. The van der Waals surface area contributed by atoms with Gasteiger partial charge in [0.15, 0.2) is 0 Å². The third-order valence-electron chi connectivity index (χ3n) is 4.62. The predicted molar refractivity (Wildman–Crippen MR) is 105 cm³/mol. The molecule has 0 amide bonds. The molecule has 0 bridgehead atoms. The molecule has 0 aliphatic rings. The van der Waals surface area contributed by atoms with Crippen LogP contribution in [0.2, 0.25) is 0 Å². The first kappa shape index (κ1) is 24.8. The van der Waals surface area contributed by atoms with Crippen LogP contribution in [0.1, 0.15) is 104 Å². The fourth-order valence-electron chi connectivity index (χ4n) is 3.13. The number of carbonyl (C=O) groups excluding carboxylic acids is 1. The van der Waals surface area contributed by atoms with E-state index in [2.05, 4.69) is 12.2 Å². The lowest BCUT2D eigenvalue weighted by Gasteiger charge is -2.20. The normalized spacial score (nSPS) is 12.0. The number of rotatable bonds is 19. The van der Waals surface area contributed by atoms with Gasteiger partial charge in [0, 0.05) is 6.92 Å². The molecule has 26 heavy (non-hydrogen) atoms. The third kappa shape index (κ3) is 16.3. The fourth-order valence-corrected chi connectivity index (χ4v) is 3.13. The van der Waals surface area contributed by atoms with Crippen LogP contribution in [0.25, 0.3) is 0 Å². The van der Waals surface area contributed by atoms with E-state index in [0.717, 1.165) is 24.4 Å². The van der Waals surface area contributed by atoms with Gasteiger partial charge in [-0.3, -0.25) is 9.63 Å². The van der Waals surface area contributed by atoms with Crippen LogP contribution >= 0.6 is 0 Å². The van der Waals surface area contributed by atoms with Crippen molar-refractivity contribution >= 4 is 5.97 Å². The number of unbranched alkanes of at least 4 members (excludes halogenated alkanes) is 12. The number of ether oxygens (including phenoxy) is 1. The number of carbonyl (C=O) groups is 1. The fraction of sp³-hybridized carbons (Fsp3) is 0.950. The Labute approximate surface area is 159 Å². The van der Waals surface area contributed by atoms with E-state index in [0.29, 0.717) is 0 Å². The summed E-state index contributed by atoms with van der Waals surface area (Å²) in [6.45, 7) is 3.81. The molecule has 0 unspecified atom stereocenters. The van der Waals surface area contributed by atoms with E-state index in [1.807, 2.05) is 0 Å². The molecule has 0 saturated carbocycles. The average molecular weight is 373 g/mol. The lowest BCUT2D eigenvalue weighted by Crippen LogP contribution is -2.30. The highest BCUT2D eigenvalue weighted by Gasteiger charge is 2.16. The zero-order chi connectivity index (χ0) is 19.5. The molecular weight excluding hydrogens is 332 g/mol. The van der Waals surface area contributed by atoms with Gasteiger partial charge in [-0.25, -0.2) is 0 Å². The molecule has 0 aromatic carbocycles. The third-order valence-corrected chi connectivity index (χ3v) is 4.62. The van der Waals surface area contributed by atoms with Crippen LogP contribution in [0.5, 0.6) is 0 Å². The van der Waals surface area contributed by atoms with Crippen molar-refractivity contribution in [3.8, 4) is 0 Å². The second kappa shape index (κ2) is 18.6. The Hall–Kier alpha value is -1.17. The van der Waals surface area contributed by atoms with E-state index in [1.54, 1.807) is 0 Å². The topological polar surface area (TPSA) is 68.2 Å². The Bertz CT molecular complexity index is 340. The van der Waals surface area contributed by atoms with Gasteiger partial charge < -0.3 is 4.74 Å². The van der Waals surface area contributed by atoms with Crippen molar-refractivity contribution in [2.75, 3.05) is 13.7 Å². The largest absolute Gasteiger partial charge is 0.460 e. The van der Waals surface area contributed by atoms with Gasteiger partial charge in [0.25, 0.3) is 0 Å². The molecule has 6 nitrogen and oxygen atoms in total. The first-order valence-corrected chi connectivity index (χ1v) is 10.5. The highest BCUT2D eigenvalue weighted by atomic mass is 16.7. The minimum Gasteiger partial charge on any atom is -0.460 e. The Morgan fingerprint density at radius 2 is 1.35 bits per heavy atom. The van der Waals surface area contributed by atoms with Gasteiger partial charge in [0.05, 0.1) is 12.4 Å². The molecule has 154 valence electrons. The molecule has 0 aliphatic carbocycles. The van der Waals surface area contributed by atoms with Crippen molar-refractivity contribution in [2.24, 2.45) is 5.29 Å². The first-order chi connectivity index (χ1) is 12.6. The summed E-state index contributed by atoms with van der Waals surface area (Å²) >= 11 is 0. The molecule has 0 aromatic heterocycles. The highest BCUT2D eigenvalue weighted by Crippen LogP contribution is 2.14. The van der Waals surface area contributed by atoms with Crippen LogP contribution < -0.4 is 0 Å². The van der Waals surface area contributed by atoms with Gasteiger partial charge in [0.1, 0.15) is 12.6 Å². The lowest BCUT2D eigenvalue weighted by molar-refractivity contribution is -0.169. The molecular formula is C20H40N2O4. The van der Waals surface area contributed by atoms with E-state index in [-0.39, 0.29) is 18.6 Å². The van der Waals surface area contributed by atoms with Crippen molar-refractivity contribution in [1.29, 1.82) is 0 Å². The van der Waals surface area contributed by atoms with Crippen LogP contribution in [0.4, 0.5) is 0 Å². The summed E-state index contributed by atoms with van der Waals surface area (Å²) in [6, 6.07) is 0. The molecule has 0 rings (SSSR count). The van der Waals surface area contributed by atoms with Crippen LogP contribution in [0.15, 0.2) is 5.29 Å². The van der Waals surface area contributed by atoms with Crippen molar-refractivity contribution in [1.82, 2.24) is 5.17 Å². The van der Waals surface area contributed by atoms with Crippen molar-refractivity contribution in [3.63, 3.8) is 0 Å². The second-order valence-corrected chi connectivity index (χ2v) is 7.06. The summed E-state index contributed by atoms with van der Waals surface area (Å²) in [7, 11) is 1.37. The van der Waals surface area contributed by atoms with Gasteiger partial charge in [0.2, 0.25) is 0 Å². The molecule has 6 heteroatoms. The van der Waals surface area contributed by atoms with E-state index in [9.17, 15) is 9.70 Å². The summed E-state index contributed by atoms with van der Waals surface area (Å²) in [4.78, 5) is 26.5. The number of nitroso groups, excluding NO2 is 1. The van der Waals surface area contributed by atoms with E-state index in [1.165, 1.54) is 84.7 Å². The maximum Gasteiger partial charge on any atom is 0.302 e. The van der Waals surface area contributed by atoms with Gasteiger partial charge in [-0.05, 0) is 12.8 Å². The Kier molecular flexibility index (Phi) is 17.8. The highest BCUT2D eigenvalue weighted by molar-refractivity contribution is 5.66. The molecule has 1 atom stereocenters. The zero-order valence-electron chi connectivity index (χ0n) is 17.2. The Balaban J connectivity index is 3.57. The number of hydrogen-bond donors (Lipinski definition) is 0. The molecule has 0 radical (unpaired) electrons. The smallest absolute Gasteiger partial charge is 0.302 e. The Morgan fingerprint density at radius 1 is 0.885 bits per heavy atom. The molecule has 0 aliphatic heterocycles. The predicted octanol–water partition coefficient (Wildman–Crippen LogP) is 5.94. The zero-order valence-corrected chi connectivity index (χ0v) is 17.2. The van der Waals surface area contributed by atoms with E-state index >= 15 is 0 Å². The molecule has 0 N–H and O–H groups in total. The molecule has 0 aromatic rings. The molecule has 0 fully saturated rings. The number of nitrogens with zero attached hydrogens (tertiary/aromatic N) is 2. The SMILES string of the molecule is CCCCCCCCCCCCCCC[C@@H](CN(N=O)OC)OC(C)=O. The summed E-state index contributed by atoms with van der Waals surface area (Å²) in [6.07, 6.45) is 17.3. The maximum atomic E-state index is 11.2. The standard InChI is InChI=1S/C20H40N2O4/c1-4-5-6-7-8-9-10-11-12-13-14-15-16-17-20(26-19(2)23)18-22(21-24)25-3/h20H,4-18H2,1-3H3/t20-/m0/s1. The van der Waals surface area contributed by atoms with E-state index < -0.39 is 0 Å². The average Bonchev–Trinajstić information content (AvgIpc) is 2.62. The van der Waals surface area contributed by atoms with Crippen molar-refractivity contribution in [3.05, 3.63) is 4.91 Å². The van der Waals surface area contributed by atoms with Crippen LogP contribution in [-0.2, 0) is 14.4 Å². The van der Waals surface area contributed by atoms with Gasteiger partial charge in [-0.15, -0.1) is 10.1 Å². The minimum atomic E-state index is -0.349. The molecule has 0 heterocycles. The molecule has 0 saturated heterocycles. The first-order valence-electron chi connectivity index (χ1n) is 10.5. The van der Waals surface area contributed by atoms with Crippen molar-refractivity contribution < 1.29 is 14.4 Å². The number of hydrogen-bond acceptors (Lipinski definition) is 5. The monoisotopic (exact) mass is 372 g/mol. The summed E-state index contributed by atoms with van der Waals surface area (Å²) < 4.78 is 5.23. The van der Waals surface area contributed by atoms with Gasteiger partial charge in [-0.1, -0.05) is 84.0 Å². The second-order valence-electron chi connectivity index (χ2n) is 7.06. The lowest BCUT2D eigenvalue weighted by atomic mass is 10.0. The van der Waals surface area contributed by atoms with Crippen molar-refractivity contribution in [2.45, 2.75) is 110 Å². The van der Waals surface area contributed by atoms with Crippen LogP contribution in [0.3, 0.4) is 0 Å². The molecule has 0 spiro atoms. The maximum absolute atomic E-state index is 11.2. The quantitative estimate of drug-likeness (QED) is 0.121. The summed E-state index contributed by atoms with van der Waals surface area (Å²) in [5.41, 5.74) is 0. The van der Waals surface area contributed by atoms with Gasteiger partial charge in [-0.2, -0.15) is 0 Å².